The fourth-order valence-electron chi connectivity index (χ4n) is 0.892. The van der Waals surface area contributed by atoms with Gasteiger partial charge in [-0.25, -0.2) is 0 Å². The summed E-state index contributed by atoms with van der Waals surface area (Å²) in [4.78, 5) is 14.1. The number of hydrogen-bond donors (Lipinski definition) is 1. The average molecular weight is 218 g/mol. The number of aliphatic carboxylic acids is 1. The zero-order chi connectivity index (χ0) is 12.4. The highest BCUT2D eigenvalue weighted by Crippen LogP contribution is 1.88. The van der Waals surface area contributed by atoms with Gasteiger partial charge in [-0.2, -0.15) is 0 Å². The van der Waals surface area contributed by atoms with Crippen molar-refractivity contribution < 1.29 is 9.90 Å². The average Bonchev–Trinajstić information content (AvgIpc) is 2.20. The Labute approximate surface area is 93.9 Å². The molecule has 0 aliphatic rings. The molecule has 0 aliphatic heterocycles. The van der Waals surface area contributed by atoms with E-state index < -0.39 is 5.97 Å². The zero-order valence-corrected chi connectivity index (χ0v) is 10.9. The van der Waals surface area contributed by atoms with E-state index in [1.165, 1.54) is 19.6 Å². The maximum Gasteiger partial charge on any atom is 0.320 e. The van der Waals surface area contributed by atoms with Gasteiger partial charge in [-0.05, 0) is 40.7 Å². The molecular weight excluding hydrogens is 192 g/mol. The van der Waals surface area contributed by atoms with Crippen LogP contribution < -0.4 is 0 Å². The van der Waals surface area contributed by atoms with E-state index in [4.69, 9.17) is 5.11 Å². The minimum Gasteiger partial charge on any atom is -0.480 e. The monoisotopic (exact) mass is 218 g/mol. The second-order valence-electron chi connectivity index (χ2n) is 3.60. The van der Waals surface area contributed by atoms with Crippen LogP contribution in [0.25, 0.3) is 0 Å². The van der Waals surface area contributed by atoms with Gasteiger partial charge in [-0.3, -0.25) is 9.69 Å². The summed E-state index contributed by atoms with van der Waals surface area (Å²) in [6.45, 7) is 11.8. The summed E-state index contributed by atoms with van der Waals surface area (Å²) in [5.41, 5.74) is 0. The molecule has 0 rings (SSSR count). The van der Waals surface area contributed by atoms with Gasteiger partial charge in [0.15, 0.2) is 0 Å². The van der Waals surface area contributed by atoms with Crippen LogP contribution in [-0.2, 0) is 4.79 Å². The van der Waals surface area contributed by atoms with Crippen LogP contribution in [0, 0.1) is 0 Å². The third-order valence-electron chi connectivity index (χ3n) is 2.47. The van der Waals surface area contributed by atoms with Gasteiger partial charge in [0.2, 0.25) is 0 Å². The third kappa shape index (κ3) is 9.69. The van der Waals surface area contributed by atoms with Gasteiger partial charge in [0.1, 0.15) is 6.04 Å². The van der Waals surface area contributed by atoms with Crippen molar-refractivity contribution in [2.24, 2.45) is 0 Å². The van der Waals surface area contributed by atoms with E-state index in [0.717, 1.165) is 0 Å². The van der Waals surface area contributed by atoms with Gasteiger partial charge < -0.3 is 10.0 Å². The fourth-order valence-corrected chi connectivity index (χ4v) is 0.892. The van der Waals surface area contributed by atoms with Crippen molar-refractivity contribution in [1.82, 2.24) is 9.80 Å². The van der Waals surface area contributed by atoms with E-state index in [-0.39, 0.29) is 6.04 Å². The predicted molar refractivity (Wildman–Crippen MR) is 64.2 cm³/mol. The van der Waals surface area contributed by atoms with Crippen molar-refractivity contribution in [3.05, 3.63) is 0 Å². The van der Waals surface area contributed by atoms with Gasteiger partial charge in [0.05, 0.1) is 0 Å². The van der Waals surface area contributed by atoms with Crippen LogP contribution in [0.2, 0.25) is 0 Å². The molecule has 0 saturated heterocycles. The highest BCUT2D eigenvalue weighted by atomic mass is 16.4. The van der Waals surface area contributed by atoms with Crippen LogP contribution in [0.15, 0.2) is 0 Å². The van der Waals surface area contributed by atoms with Crippen molar-refractivity contribution in [3.63, 3.8) is 0 Å². The number of hydrogen-bond acceptors (Lipinski definition) is 3. The number of likely N-dealkylation sites (N-methyl/N-ethyl adjacent to an activating group) is 1. The van der Waals surface area contributed by atoms with E-state index >= 15 is 0 Å². The first-order valence-electron chi connectivity index (χ1n) is 5.52. The zero-order valence-electron chi connectivity index (χ0n) is 10.9. The van der Waals surface area contributed by atoms with Gasteiger partial charge in [0, 0.05) is 0 Å². The van der Waals surface area contributed by atoms with Crippen LogP contribution in [0.3, 0.4) is 0 Å². The number of carboxylic acids is 1. The van der Waals surface area contributed by atoms with Crippen LogP contribution in [-0.4, -0.2) is 60.6 Å². The van der Waals surface area contributed by atoms with Gasteiger partial charge >= 0.3 is 5.97 Å². The molecule has 4 heteroatoms. The lowest BCUT2D eigenvalue weighted by Gasteiger charge is -2.13. The van der Waals surface area contributed by atoms with E-state index in [1.807, 2.05) is 0 Å². The van der Waals surface area contributed by atoms with Gasteiger partial charge in [-0.1, -0.05) is 20.8 Å². The third-order valence-corrected chi connectivity index (χ3v) is 2.47. The quantitative estimate of drug-likeness (QED) is 0.757. The topological polar surface area (TPSA) is 43.8 Å². The second kappa shape index (κ2) is 9.93. The molecular formula is C11H26N2O2. The number of carboxylic acid groups (broad SMARTS) is 1. The van der Waals surface area contributed by atoms with Crippen LogP contribution in [0.1, 0.15) is 27.7 Å². The van der Waals surface area contributed by atoms with E-state index in [9.17, 15) is 4.79 Å². The van der Waals surface area contributed by atoms with E-state index in [2.05, 4.69) is 25.7 Å². The Morgan fingerprint density at radius 2 is 1.47 bits per heavy atom. The molecule has 0 radical (unpaired) electrons. The number of rotatable bonds is 5. The van der Waals surface area contributed by atoms with Crippen molar-refractivity contribution in [2.45, 2.75) is 33.7 Å². The van der Waals surface area contributed by atoms with Crippen LogP contribution >= 0.6 is 0 Å². The molecule has 15 heavy (non-hydrogen) atoms. The molecule has 0 saturated carbocycles. The lowest BCUT2D eigenvalue weighted by atomic mass is 10.3. The SMILES string of the molecule is CC(C(=O)O)N(C)C.CCN(CC)CC. The summed E-state index contributed by atoms with van der Waals surface area (Å²) < 4.78 is 0. The fraction of sp³-hybridized carbons (Fsp3) is 0.909. The van der Waals surface area contributed by atoms with Crippen molar-refractivity contribution in [1.29, 1.82) is 0 Å². The summed E-state index contributed by atoms with van der Waals surface area (Å²) in [6, 6.07) is -0.380. The Balaban J connectivity index is 0. The van der Waals surface area contributed by atoms with E-state index in [0.29, 0.717) is 0 Å². The van der Waals surface area contributed by atoms with Crippen LogP contribution in [0.5, 0.6) is 0 Å². The Hall–Kier alpha value is -0.610. The molecule has 4 nitrogen and oxygen atoms in total. The molecule has 0 amide bonds. The lowest BCUT2D eigenvalue weighted by Crippen LogP contribution is -2.32. The standard InChI is InChI=1S/C6H15N.C5H11NO2/c1-4-7(5-2)6-3;1-4(5(7)8)6(2)3/h4-6H2,1-3H3;4H,1-3H3,(H,7,8). The molecule has 0 heterocycles. The van der Waals surface area contributed by atoms with Gasteiger partial charge in [-0.15, -0.1) is 0 Å². The van der Waals surface area contributed by atoms with E-state index in [1.54, 1.807) is 25.9 Å². The van der Waals surface area contributed by atoms with Crippen molar-refractivity contribution >= 4 is 5.97 Å². The molecule has 92 valence electrons. The maximum atomic E-state index is 10.1. The molecule has 1 N–H and O–H groups in total. The van der Waals surface area contributed by atoms with Crippen molar-refractivity contribution in [2.75, 3.05) is 33.7 Å². The lowest BCUT2D eigenvalue weighted by molar-refractivity contribution is -0.141. The molecule has 0 fully saturated rings. The smallest absolute Gasteiger partial charge is 0.320 e. The first-order valence-corrected chi connectivity index (χ1v) is 5.52. The predicted octanol–water partition coefficient (Wildman–Crippen LogP) is 1.37. The molecule has 0 aromatic carbocycles. The molecule has 1 unspecified atom stereocenters. The summed E-state index contributed by atoms with van der Waals surface area (Å²) in [5, 5.41) is 8.31. The minimum atomic E-state index is -0.782. The Kier molecular flexibility index (Phi) is 11.1. The molecule has 0 aromatic rings. The Morgan fingerprint density at radius 1 is 1.13 bits per heavy atom. The number of nitrogens with zero attached hydrogens (tertiary/aromatic N) is 2. The van der Waals surface area contributed by atoms with Gasteiger partial charge in [0.25, 0.3) is 0 Å². The van der Waals surface area contributed by atoms with Crippen molar-refractivity contribution in [3.8, 4) is 0 Å². The minimum absolute atomic E-state index is 0.380. The molecule has 0 spiro atoms. The Morgan fingerprint density at radius 3 is 1.47 bits per heavy atom. The summed E-state index contributed by atoms with van der Waals surface area (Å²) in [7, 11) is 3.47. The normalized spacial score (nSPS) is 12.3. The Bertz CT molecular complexity index is 151. The largest absolute Gasteiger partial charge is 0.480 e. The summed E-state index contributed by atoms with van der Waals surface area (Å²) in [5.74, 6) is -0.782. The summed E-state index contributed by atoms with van der Waals surface area (Å²) >= 11 is 0. The highest BCUT2D eigenvalue weighted by Gasteiger charge is 2.11. The number of carbonyl (C=O) groups is 1. The molecule has 1 atom stereocenters. The summed E-state index contributed by atoms with van der Waals surface area (Å²) in [6.07, 6.45) is 0. The molecule has 0 bridgehead atoms. The highest BCUT2D eigenvalue weighted by molar-refractivity contribution is 5.72. The van der Waals surface area contributed by atoms with Crippen LogP contribution in [0.4, 0.5) is 0 Å². The molecule has 0 aromatic heterocycles. The maximum absolute atomic E-state index is 10.1. The second-order valence-corrected chi connectivity index (χ2v) is 3.60. The molecule has 0 aliphatic carbocycles. The first-order chi connectivity index (χ1) is 6.90. The first kappa shape index (κ1) is 16.8.